The molecule has 1 heterocycles. The van der Waals surface area contributed by atoms with E-state index in [-0.39, 0.29) is 19.6 Å². The van der Waals surface area contributed by atoms with Gasteiger partial charge in [-0.1, -0.05) is 18.2 Å². The largest absolute Gasteiger partial charge is 0.464 e. The molecule has 0 saturated heterocycles. The molecule has 0 saturated carbocycles. The van der Waals surface area contributed by atoms with Crippen molar-refractivity contribution in [2.45, 2.75) is 32.7 Å². The molecule has 2 aromatic rings. The van der Waals surface area contributed by atoms with Gasteiger partial charge in [-0.25, -0.2) is 9.59 Å². The highest BCUT2D eigenvalue weighted by Crippen LogP contribution is 2.23. The maximum Gasteiger partial charge on any atom is 0.344 e. The van der Waals surface area contributed by atoms with Gasteiger partial charge in [0.2, 0.25) is 17.0 Å². The minimum atomic E-state index is -2.09. The summed E-state index contributed by atoms with van der Waals surface area (Å²) in [6.07, 6.45) is -0.283. The van der Waals surface area contributed by atoms with Gasteiger partial charge in [-0.05, 0) is 25.5 Å². The number of aromatic amines is 1. The number of para-hydroxylation sites is 1. The number of ether oxygens (including phenoxy) is 2. The van der Waals surface area contributed by atoms with Crippen molar-refractivity contribution in [3.63, 3.8) is 0 Å². The molecule has 0 aliphatic carbocycles. The van der Waals surface area contributed by atoms with Crippen LogP contribution in [-0.4, -0.2) is 41.6 Å². The van der Waals surface area contributed by atoms with Gasteiger partial charge in [0.25, 0.3) is 0 Å². The molecular formula is C19H22N2O6. The molecule has 0 unspecified atom stereocenters. The minimum Gasteiger partial charge on any atom is -0.464 e. The number of H-pyrrole nitrogens is 1. The molecule has 0 radical (unpaired) electrons. The topological polar surface area (TPSA) is 115 Å². The van der Waals surface area contributed by atoms with Gasteiger partial charge in [0.15, 0.2) is 0 Å². The van der Waals surface area contributed by atoms with E-state index >= 15 is 0 Å². The first kappa shape index (κ1) is 20.2. The van der Waals surface area contributed by atoms with E-state index in [0.29, 0.717) is 16.5 Å². The summed E-state index contributed by atoms with van der Waals surface area (Å²) in [5, 5.41) is 3.03. The summed E-state index contributed by atoms with van der Waals surface area (Å²) in [7, 11) is 0. The Labute approximate surface area is 155 Å². The van der Waals surface area contributed by atoms with Crippen molar-refractivity contribution < 1.29 is 23.9 Å². The van der Waals surface area contributed by atoms with Gasteiger partial charge in [0.1, 0.15) is 0 Å². The van der Waals surface area contributed by atoms with Gasteiger partial charge >= 0.3 is 11.9 Å². The van der Waals surface area contributed by atoms with Gasteiger partial charge in [0.05, 0.1) is 13.2 Å². The van der Waals surface area contributed by atoms with Crippen LogP contribution in [0.3, 0.4) is 0 Å². The zero-order valence-electron chi connectivity index (χ0n) is 15.5. The lowest BCUT2D eigenvalue weighted by molar-refractivity contribution is -0.167. The molecule has 0 bridgehead atoms. The summed E-state index contributed by atoms with van der Waals surface area (Å²) < 4.78 is 10.1. The number of pyridine rings is 1. The van der Waals surface area contributed by atoms with E-state index in [1.54, 1.807) is 38.1 Å². The molecule has 2 rings (SSSR count). The van der Waals surface area contributed by atoms with Crippen molar-refractivity contribution in [2.24, 2.45) is 0 Å². The second kappa shape index (κ2) is 8.48. The van der Waals surface area contributed by atoms with Crippen molar-refractivity contribution in [3.05, 3.63) is 46.2 Å². The third kappa shape index (κ3) is 4.33. The Morgan fingerprint density at radius 3 is 2.22 bits per heavy atom. The Kier molecular flexibility index (Phi) is 6.33. The van der Waals surface area contributed by atoms with Crippen LogP contribution in [0.2, 0.25) is 0 Å². The van der Waals surface area contributed by atoms with Crippen LogP contribution in [0.15, 0.2) is 35.1 Å². The van der Waals surface area contributed by atoms with E-state index in [0.717, 1.165) is 0 Å². The fraction of sp³-hybridized carbons (Fsp3) is 0.368. The predicted molar refractivity (Wildman–Crippen MR) is 98.1 cm³/mol. The van der Waals surface area contributed by atoms with E-state index in [9.17, 15) is 19.2 Å². The van der Waals surface area contributed by atoms with Crippen LogP contribution in [0.4, 0.5) is 0 Å². The number of hydrogen-bond acceptors (Lipinski definition) is 6. The molecule has 2 N–H and O–H groups in total. The quantitative estimate of drug-likeness (QED) is 0.553. The summed E-state index contributed by atoms with van der Waals surface area (Å²) in [4.78, 5) is 52.0. The molecule has 1 aromatic carbocycles. The highest BCUT2D eigenvalue weighted by atomic mass is 16.6. The van der Waals surface area contributed by atoms with E-state index in [1.165, 1.54) is 13.0 Å². The van der Waals surface area contributed by atoms with E-state index in [4.69, 9.17) is 9.47 Å². The van der Waals surface area contributed by atoms with E-state index < -0.39 is 28.9 Å². The number of rotatable bonds is 7. The number of fused-ring (bicyclic) bond motifs is 1. The molecule has 1 aromatic heterocycles. The third-order valence-corrected chi connectivity index (χ3v) is 3.93. The van der Waals surface area contributed by atoms with Gasteiger partial charge in [0, 0.05) is 30.3 Å². The van der Waals surface area contributed by atoms with Crippen LogP contribution in [0.5, 0.6) is 0 Å². The van der Waals surface area contributed by atoms with Crippen molar-refractivity contribution in [1.29, 1.82) is 0 Å². The van der Waals surface area contributed by atoms with Gasteiger partial charge in [-0.15, -0.1) is 0 Å². The average molecular weight is 374 g/mol. The summed E-state index contributed by atoms with van der Waals surface area (Å²) in [6.45, 7) is 4.38. The molecule has 1 amide bonds. The highest BCUT2D eigenvalue weighted by Gasteiger charge is 2.50. The number of esters is 2. The SMILES string of the molecule is CCOC(=O)C(Cc1cc(=O)[nH]c2ccccc12)(NC(C)=O)C(=O)OCC. The van der Waals surface area contributed by atoms with Crippen LogP contribution in [0.25, 0.3) is 10.9 Å². The minimum absolute atomic E-state index is 0.00962. The first-order valence-electron chi connectivity index (χ1n) is 8.58. The number of amides is 1. The molecule has 0 spiro atoms. The molecule has 27 heavy (non-hydrogen) atoms. The van der Waals surface area contributed by atoms with Crippen LogP contribution in [0, 0.1) is 0 Å². The molecule has 0 atom stereocenters. The second-order valence-electron chi connectivity index (χ2n) is 5.91. The number of aromatic nitrogens is 1. The Morgan fingerprint density at radius 2 is 1.67 bits per heavy atom. The van der Waals surface area contributed by atoms with Gasteiger partial charge < -0.3 is 19.8 Å². The lowest BCUT2D eigenvalue weighted by Gasteiger charge is -2.30. The third-order valence-electron chi connectivity index (χ3n) is 3.93. The second-order valence-corrected chi connectivity index (χ2v) is 5.91. The monoisotopic (exact) mass is 374 g/mol. The van der Waals surface area contributed by atoms with Crippen LogP contribution in [0.1, 0.15) is 26.3 Å². The molecule has 0 fully saturated rings. The van der Waals surface area contributed by atoms with Crippen LogP contribution >= 0.6 is 0 Å². The Balaban J connectivity index is 2.66. The van der Waals surface area contributed by atoms with Crippen molar-refractivity contribution >= 4 is 28.7 Å². The average Bonchev–Trinajstić information content (AvgIpc) is 2.60. The zero-order valence-corrected chi connectivity index (χ0v) is 15.5. The summed E-state index contributed by atoms with van der Waals surface area (Å²) in [5.74, 6) is -2.49. The maximum absolute atomic E-state index is 12.7. The molecule has 0 aliphatic rings. The molecule has 8 heteroatoms. The standard InChI is InChI=1S/C19H22N2O6/c1-4-26-17(24)19(21-12(3)22,18(25)27-5-2)11-13-10-16(23)20-15-9-7-6-8-14(13)15/h6-10H,4-5,11H2,1-3H3,(H,20,23)(H,21,22). The van der Waals surface area contributed by atoms with Crippen LogP contribution < -0.4 is 10.9 Å². The first-order chi connectivity index (χ1) is 12.8. The first-order valence-corrected chi connectivity index (χ1v) is 8.58. The van der Waals surface area contributed by atoms with Gasteiger partial charge in [-0.3, -0.25) is 9.59 Å². The molecule has 144 valence electrons. The summed E-state index contributed by atoms with van der Waals surface area (Å²) >= 11 is 0. The molecule has 0 aliphatic heterocycles. The fourth-order valence-corrected chi connectivity index (χ4v) is 2.89. The Bertz CT molecular complexity index is 900. The molecule has 8 nitrogen and oxygen atoms in total. The summed E-state index contributed by atoms with van der Waals surface area (Å²) in [6, 6.07) is 8.25. The summed E-state index contributed by atoms with van der Waals surface area (Å²) in [5.41, 5.74) is -1.53. The highest BCUT2D eigenvalue weighted by molar-refractivity contribution is 6.08. The number of hydrogen-bond donors (Lipinski definition) is 2. The lowest BCUT2D eigenvalue weighted by Crippen LogP contribution is -2.62. The van der Waals surface area contributed by atoms with E-state index in [1.807, 2.05) is 0 Å². The number of carbonyl (C=O) groups is 3. The van der Waals surface area contributed by atoms with Crippen molar-refractivity contribution in [1.82, 2.24) is 10.3 Å². The van der Waals surface area contributed by atoms with Crippen molar-refractivity contribution in [3.8, 4) is 0 Å². The molecular weight excluding hydrogens is 352 g/mol. The lowest BCUT2D eigenvalue weighted by atomic mass is 9.88. The number of benzene rings is 1. The number of carbonyl (C=O) groups excluding carboxylic acids is 3. The zero-order chi connectivity index (χ0) is 20.0. The maximum atomic E-state index is 12.7. The van der Waals surface area contributed by atoms with E-state index in [2.05, 4.69) is 10.3 Å². The van der Waals surface area contributed by atoms with Crippen molar-refractivity contribution in [2.75, 3.05) is 13.2 Å². The van der Waals surface area contributed by atoms with Crippen LogP contribution in [-0.2, 0) is 30.3 Å². The fourth-order valence-electron chi connectivity index (χ4n) is 2.89. The number of nitrogens with one attached hydrogen (secondary N) is 2. The Hall–Kier alpha value is -3.16. The Morgan fingerprint density at radius 1 is 1.07 bits per heavy atom. The van der Waals surface area contributed by atoms with Gasteiger partial charge in [-0.2, -0.15) is 0 Å². The smallest absolute Gasteiger partial charge is 0.344 e. The predicted octanol–water partition coefficient (Wildman–Crippen LogP) is 1.07. The normalized spacial score (nSPS) is 11.1.